The van der Waals surface area contributed by atoms with Gasteiger partial charge >= 0.3 is 0 Å². The van der Waals surface area contributed by atoms with Crippen molar-refractivity contribution in [1.82, 2.24) is 5.32 Å². The molecule has 1 atom stereocenters. The fourth-order valence-electron chi connectivity index (χ4n) is 2.10. The Labute approximate surface area is 115 Å². The molecule has 1 aromatic rings. The van der Waals surface area contributed by atoms with Crippen molar-refractivity contribution in [3.63, 3.8) is 0 Å². The summed E-state index contributed by atoms with van der Waals surface area (Å²) in [4.78, 5) is 0. The summed E-state index contributed by atoms with van der Waals surface area (Å²) in [6.45, 7) is 8.99. The van der Waals surface area contributed by atoms with Crippen LogP contribution in [0, 0.1) is 5.92 Å². The fraction of sp³-hybridized carbons (Fsp3) is 0.600. The molecule has 4 nitrogen and oxygen atoms in total. The second-order valence-electron chi connectivity index (χ2n) is 5.04. The Bertz CT molecular complexity index is 406. The van der Waals surface area contributed by atoms with Crippen LogP contribution in [0.5, 0.6) is 11.5 Å². The van der Waals surface area contributed by atoms with E-state index < -0.39 is 0 Å². The van der Waals surface area contributed by atoms with Gasteiger partial charge in [0.05, 0.1) is 6.61 Å². The van der Waals surface area contributed by atoms with Crippen LogP contribution in [0.4, 0.5) is 0 Å². The first-order valence-electron chi connectivity index (χ1n) is 6.91. The first-order valence-corrected chi connectivity index (χ1v) is 6.91. The number of fused-ring (bicyclic) bond motifs is 1. The van der Waals surface area contributed by atoms with Gasteiger partial charge in [-0.1, -0.05) is 26.0 Å². The van der Waals surface area contributed by atoms with Gasteiger partial charge in [-0.05, 0) is 18.9 Å². The van der Waals surface area contributed by atoms with E-state index in [1.165, 1.54) is 0 Å². The highest BCUT2D eigenvalue weighted by atomic mass is 16.7. The molecule has 1 aliphatic rings. The van der Waals surface area contributed by atoms with Crippen molar-refractivity contribution in [3.8, 4) is 11.5 Å². The normalized spacial score (nSPS) is 14.9. The van der Waals surface area contributed by atoms with E-state index in [0.717, 1.165) is 36.8 Å². The molecule has 2 rings (SSSR count). The van der Waals surface area contributed by atoms with E-state index in [1.807, 2.05) is 19.1 Å². The van der Waals surface area contributed by atoms with E-state index in [-0.39, 0.29) is 0 Å². The average molecular weight is 265 g/mol. The summed E-state index contributed by atoms with van der Waals surface area (Å²) < 4.78 is 16.4. The van der Waals surface area contributed by atoms with Crippen LogP contribution < -0.4 is 14.8 Å². The molecule has 0 amide bonds. The number of ether oxygens (including phenoxy) is 3. The summed E-state index contributed by atoms with van der Waals surface area (Å²) in [5.74, 6) is 2.24. The summed E-state index contributed by atoms with van der Waals surface area (Å²) in [7, 11) is 0. The van der Waals surface area contributed by atoms with Gasteiger partial charge in [0.15, 0.2) is 11.5 Å². The highest BCUT2D eigenvalue weighted by Gasteiger charge is 2.19. The highest BCUT2D eigenvalue weighted by Crippen LogP contribution is 2.35. The van der Waals surface area contributed by atoms with Crippen LogP contribution in [0.3, 0.4) is 0 Å². The quantitative estimate of drug-likeness (QED) is 0.822. The minimum atomic E-state index is 0.318. The van der Waals surface area contributed by atoms with E-state index in [0.29, 0.717) is 18.8 Å². The molecule has 1 unspecified atom stereocenters. The van der Waals surface area contributed by atoms with Gasteiger partial charge in [-0.25, -0.2) is 0 Å². The van der Waals surface area contributed by atoms with Gasteiger partial charge in [0.25, 0.3) is 0 Å². The molecule has 0 aliphatic carbocycles. The standard InChI is InChI=1S/C15H23NO3/c1-4-17-9-13(11(2)3)16-8-12-6-5-7-14-15(12)19-10-18-14/h5-7,11,13,16H,4,8-10H2,1-3H3. The van der Waals surface area contributed by atoms with Crippen molar-refractivity contribution in [2.75, 3.05) is 20.0 Å². The van der Waals surface area contributed by atoms with Crippen molar-refractivity contribution < 1.29 is 14.2 Å². The molecular formula is C15H23NO3. The second-order valence-corrected chi connectivity index (χ2v) is 5.04. The Morgan fingerprint density at radius 3 is 2.89 bits per heavy atom. The highest BCUT2D eigenvalue weighted by molar-refractivity contribution is 5.48. The summed E-state index contributed by atoms with van der Waals surface area (Å²) in [5.41, 5.74) is 1.14. The lowest BCUT2D eigenvalue weighted by Gasteiger charge is -2.22. The molecule has 0 spiro atoms. The van der Waals surface area contributed by atoms with Gasteiger partial charge in [0.1, 0.15) is 0 Å². The van der Waals surface area contributed by atoms with Gasteiger partial charge < -0.3 is 19.5 Å². The molecule has 19 heavy (non-hydrogen) atoms. The maximum Gasteiger partial charge on any atom is 0.231 e. The zero-order valence-corrected chi connectivity index (χ0v) is 11.9. The molecule has 1 aromatic carbocycles. The van der Waals surface area contributed by atoms with Crippen molar-refractivity contribution in [2.45, 2.75) is 33.4 Å². The van der Waals surface area contributed by atoms with Gasteiger partial charge in [0.2, 0.25) is 6.79 Å². The molecule has 106 valence electrons. The number of hydrogen-bond acceptors (Lipinski definition) is 4. The van der Waals surface area contributed by atoms with Crippen molar-refractivity contribution in [3.05, 3.63) is 23.8 Å². The van der Waals surface area contributed by atoms with Crippen LogP contribution in [0.1, 0.15) is 26.3 Å². The summed E-state index contributed by atoms with van der Waals surface area (Å²) in [6.07, 6.45) is 0. The third kappa shape index (κ3) is 3.61. The van der Waals surface area contributed by atoms with Crippen LogP contribution in [0.25, 0.3) is 0 Å². The van der Waals surface area contributed by atoms with Gasteiger partial charge in [-0.15, -0.1) is 0 Å². The first kappa shape index (κ1) is 14.2. The Morgan fingerprint density at radius 2 is 2.16 bits per heavy atom. The zero-order chi connectivity index (χ0) is 13.7. The SMILES string of the molecule is CCOCC(NCc1cccc2c1OCO2)C(C)C. The molecular weight excluding hydrogens is 242 g/mol. The van der Waals surface area contributed by atoms with E-state index in [9.17, 15) is 0 Å². The largest absolute Gasteiger partial charge is 0.454 e. The Hall–Kier alpha value is -1.26. The molecule has 0 bridgehead atoms. The third-order valence-corrected chi connectivity index (χ3v) is 3.34. The molecule has 0 saturated heterocycles. The number of para-hydroxylation sites is 1. The molecule has 4 heteroatoms. The Kier molecular flexibility index (Phi) is 5.05. The number of nitrogens with one attached hydrogen (secondary N) is 1. The minimum absolute atomic E-state index is 0.318. The van der Waals surface area contributed by atoms with E-state index in [1.54, 1.807) is 0 Å². The second kappa shape index (κ2) is 6.78. The number of hydrogen-bond donors (Lipinski definition) is 1. The van der Waals surface area contributed by atoms with Crippen LogP contribution in [0.15, 0.2) is 18.2 Å². The van der Waals surface area contributed by atoms with E-state index >= 15 is 0 Å². The first-order chi connectivity index (χ1) is 9.22. The Morgan fingerprint density at radius 1 is 1.32 bits per heavy atom. The van der Waals surface area contributed by atoms with E-state index in [4.69, 9.17) is 14.2 Å². The minimum Gasteiger partial charge on any atom is -0.454 e. The van der Waals surface area contributed by atoms with Crippen molar-refractivity contribution in [1.29, 1.82) is 0 Å². The Balaban J connectivity index is 1.95. The molecule has 1 heterocycles. The van der Waals surface area contributed by atoms with Crippen LogP contribution in [-0.4, -0.2) is 26.0 Å². The lowest BCUT2D eigenvalue weighted by molar-refractivity contribution is 0.107. The van der Waals surface area contributed by atoms with Crippen LogP contribution in [-0.2, 0) is 11.3 Å². The smallest absolute Gasteiger partial charge is 0.231 e. The maximum atomic E-state index is 5.52. The molecule has 0 radical (unpaired) electrons. The topological polar surface area (TPSA) is 39.7 Å². The summed E-state index contributed by atoms with van der Waals surface area (Å²) in [6, 6.07) is 6.35. The molecule has 1 N–H and O–H groups in total. The number of rotatable bonds is 7. The lowest BCUT2D eigenvalue weighted by Crippen LogP contribution is -2.37. The summed E-state index contributed by atoms with van der Waals surface area (Å²) in [5, 5.41) is 3.54. The van der Waals surface area contributed by atoms with Crippen LogP contribution >= 0.6 is 0 Å². The monoisotopic (exact) mass is 265 g/mol. The molecule has 0 aromatic heterocycles. The fourth-order valence-corrected chi connectivity index (χ4v) is 2.10. The van der Waals surface area contributed by atoms with Gasteiger partial charge in [-0.2, -0.15) is 0 Å². The lowest BCUT2D eigenvalue weighted by atomic mass is 10.0. The van der Waals surface area contributed by atoms with Crippen LogP contribution in [0.2, 0.25) is 0 Å². The average Bonchev–Trinajstić information content (AvgIpc) is 2.87. The molecule has 0 fully saturated rings. The van der Waals surface area contributed by atoms with E-state index in [2.05, 4.69) is 25.2 Å². The maximum absolute atomic E-state index is 5.52. The van der Waals surface area contributed by atoms with Crippen molar-refractivity contribution in [2.24, 2.45) is 5.92 Å². The van der Waals surface area contributed by atoms with Gasteiger partial charge in [0, 0.05) is 24.8 Å². The molecule has 0 saturated carbocycles. The van der Waals surface area contributed by atoms with Crippen molar-refractivity contribution >= 4 is 0 Å². The summed E-state index contributed by atoms with van der Waals surface area (Å²) >= 11 is 0. The predicted molar refractivity (Wildman–Crippen MR) is 74.5 cm³/mol. The zero-order valence-electron chi connectivity index (χ0n) is 11.9. The van der Waals surface area contributed by atoms with Gasteiger partial charge in [-0.3, -0.25) is 0 Å². The number of benzene rings is 1. The molecule has 1 aliphatic heterocycles. The third-order valence-electron chi connectivity index (χ3n) is 3.34. The predicted octanol–water partition coefficient (Wildman–Crippen LogP) is 2.57.